The summed E-state index contributed by atoms with van der Waals surface area (Å²) in [6.45, 7) is 0.370. The second-order valence-electron chi connectivity index (χ2n) is 2.08. The minimum atomic E-state index is -4.60. The van der Waals surface area contributed by atoms with Crippen LogP contribution >= 0.6 is 15.2 Å². The lowest BCUT2D eigenvalue weighted by molar-refractivity contribution is 0.260. The lowest BCUT2D eigenvalue weighted by atomic mass is 11.0. The van der Waals surface area contributed by atoms with Gasteiger partial charge in [0.25, 0.3) is 0 Å². The molecule has 0 fully saturated rings. The second kappa shape index (κ2) is 3.98. The summed E-state index contributed by atoms with van der Waals surface area (Å²) in [6, 6.07) is 0. The van der Waals surface area contributed by atoms with Crippen LogP contribution in [0.2, 0.25) is 0 Å². The molecular formula is C3H11NO6P2. The Bertz CT molecular complexity index is 235. The van der Waals surface area contributed by atoms with E-state index in [9.17, 15) is 9.13 Å². The summed E-state index contributed by atoms with van der Waals surface area (Å²) in [5, 5.41) is -1.74. The molecule has 0 saturated carbocycles. The largest absolute Gasteiger partial charge is 0.344 e. The van der Waals surface area contributed by atoms with Crippen molar-refractivity contribution < 1.29 is 28.3 Å². The molecule has 0 aromatic heterocycles. The molecule has 0 radical (unpaired) electrons. The second-order valence-corrected chi connectivity index (χ2v) is 6.60. The Balaban J connectivity index is 4.58. The number of hydrogen-bond acceptors (Lipinski definition) is 4. The van der Waals surface area contributed by atoms with Gasteiger partial charge in [-0.25, -0.2) is 0 Å². The van der Waals surface area contributed by atoms with E-state index < -0.39 is 27.3 Å². The van der Waals surface area contributed by atoms with Gasteiger partial charge in [0.05, 0.1) is 0 Å². The van der Waals surface area contributed by atoms with Crippen molar-refractivity contribution in [3.05, 3.63) is 0 Å². The average Bonchev–Trinajstić information content (AvgIpc) is 1.84. The molecule has 2 unspecified atom stereocenters. The first-order valence-electron chi connectivity index (χ1n) is 2.94. The Morgan fingerprint density at radius 2 is 1.83 bits per heavy atom. The summed E-state index contributed by atoms with van der Waals surface area (Å²) in [6.07, 6.45) is 0. The lowest BCUT2D eigenvalue weighted by Gasteiger charge is -2.18. The highest BCUT2D eigenvalue weighted by Gasteiger charge is 2.41. The van der Waals surface area contributed by atoms with E-state index in [1.165, 1.54) is 0 Å². The highest BCUT2D eigenvalue weighted by molar-refractivity contribution is 7.71. The van der Waals surface area contributed by atoms with E-state index in [2.05, 4.69) is 4.52 Å². The fraction of sp³-hybridized carbons (Fsp3) is 1.00. The van der Waals surface area contributed by atoms with Crippen molar-refractivity contribution in [3.8, 4) is 0 Å². The van der Waals surface area contributed by atoms with E-state index in [4.69, 9.17) is 20.4 Å². The normalized spacial score (nSPS) is 20.1. The van der Waals surface area contributed by atoms with E-state index in [0.717, 1.165) is 6.92 Å². The summed E-state index contributed by atoms with van der Waals surface area (Å²) in [5.74, 6) is 0. The molecule has 0 saturated heterocycles. The summed E-state index contributed by atoms with van der Waals surface area (Å²) in [4.78, 5) is 25.9. The number of hydrogen-bond donors (Lipinski definition) is 4. The van der Waals surface area contributed by atoms with Crippen LogP contribution < -0.4 is 5.73 Å². The van der Waals surface area contributed by atoms with Crippen LogP contribution in [-0.4, -0.2) is 26.8 Å². The van der Waals surface area contributed by atoms with Gasteiger partial charge in [-0.1, -0.05) is 0 Å². The summed E-state index contributed by atoms with van der Waals surface area (Å²) in [7, 11) is -8.89. The van der Waals surface area contributed by atoms with Gasteiger partial charge in [0.15, 0.2) is 5.40 Å². The van der Waals surface area contributed by atoms with Gasteiger partial charge in [0.1, 0.15) is 6.73 Å². The Hall–Kier alpha value is 0.260. The van der Waals surface area contributed by atoms with E-state index in [1.807, 2.05) is 0 Å². The van der Waals surface area contributed by atoms with Gasteiger partial charge in [-0.15, -0.1) is 0 Å². The van der Waals surface area contributed by atoms with Crippen LogP contribution in [0.15, 0.2) is 0 Å². The molecule has 9 heteroatoms. The molecule has 74 valence electrons. The fourth-order valence-electron chi connectivity index (χ4n) is 0.405. The summed E-state index contributed by atoms with van der Waals surface area (Å²) < 4.78 is 25.5. The average molecular weight is 219 g/mol. The van der Waals surface area contributed by atoms with Crippen LogP contribution in [0.25, 0.3) is 0 Å². The maximum Gasteiger partial charge on any atom is 0.344 e. The molecule has 0 aliphatic heterocycles. The fourth-order valence-corrected chi connectivity index (χ4v) is 2.55. The quantitative estimate of drug-likeness (QED) is 0.374. The van der Waals surface area contributed by atoms with Gasteiger partial charge in [0.2, 0.25) is 0 Å². The van der Waals surface area contributed by atoms with Gasteiger partial charge in [-0.2, -0.15) is 0 Å². The SMILES string of the molecule is CC(P(=O)(O)O)P(=O)(O)OCN. The first-order valence-corrected chi connectivity index (χ1v) is 6.27. The Morgan fingerprint density at radius 3 is 2.08 bits per heavy atom. The maximum absolute atomic E-state index is 10.9. The highest BCUT2D eigenvalue weighted by Crippen LogP contribution is 2.62. The van der Waals surface area contributed by atoms with Crippen LogP contribution in [0.5, 0.6) is 0 Å². The zero-order valence-electron chi connectivity index (χ0n) is 6.32. The molecule has 0 bridgehead atoms. The molecule has 0 aliphatic carbocycles. The van der Waals surface area contributed by atoms with Crippen LogP contribution in [-0.2, 0) is 13.7 Å². The lowest BCUT2D eigenvalue weighted by Crippen LogP contribution is -2.11. The van der Waals surface area contributed by atoms with Crippen molar-refractivity contribution in [1.82, 2.24) is 0 Å². The maximum atomic E-state index is 10.9. The zero-order valence-corrected chi connectivity index (χ0v) is 8.11. The molecular weight excluding hydrogens is 208 g/mol. The number of rotatable bonds is 4. The van der Waals surface area contributed by atoms with Crippen molar-refractivity contribution in [1.29, 1.82) is 0 Å². The van der Waals surface area contributed by atoms with Gasteiger partial charge < -0.3 is 20.4 Å². The van der Waals surface area contributed by atoms with Crippen molar-refractivity contribution >= 4 is 15.2 Å². The smallest absolute Gasteiger partial charge is 0.324 e. The van der Waals surface area contributed by atoms with Gasteiger partial charge in [0, 0.05) is 0 Å². The van der Waals surface area contributed by atoms with Crippen molar-refractivity contribution in [2.45, 2.75) is 12.3 Å². The van der Waals surface area contributed by atoms with Crippen LogP contribution in [0, 0.1) is 0 Å². The Morgan fingerprint density at radius 1 is 1.42 bits per heavy atom. The molecule has 0 amide bonds. The van der Waals surface area contributed by atoms with E-state index in [-0.39, 0.29) is 0 Å². The monoisotopic (exact) mass is 219 g/mol. The summed E-state index contributed by atoms with van der Waals surface area (Å²) >= 11 is 0. The zero-order chi connectivity index (χ0) is 9.99. The Kier molecular flexibility index (Phi) is 4.07. The third-order valence-electron chi connectivity index (χ3n) is 1.22. The predicted molar refractivity (Wildman–Crippen MR) is 41.5 cm³/mol. The van der Waals surface area contributed by atoms with Crippen molar-refractivity contribution in [2.24, 2.45) is 5.73 Å². The van der Waals surface area contributed by atoms with Crippen molar-refractivity contribution in [3.63, 3.8) is 0 Å². The third-order valence-corrected chi connectivity index (χ3v) is 5.43. The minimum absolute atomic E-state index is 0.557. The van der Waals surface area contributed by atoms with Gasteiger partial charge in [-0.05, 0) is 6.92 Å². The first-order chi connectivity index (χ1) is 5.22. The summed E-state index contributed by atoms with van der Waals surface area (Å²) in [5.41, 5.74) is 4.79. The van der Waals surface area contributed by atoms with Crippen molar-refractivity contribution in [2.75, 3.05) is 6.73 Å². The minimum Gasteiger partial charge on any atom is -0.324 e. The first kappa shape index (κ1) is 12.3. The molecule has 0 aliphatic rings. The number of nitrogens with two attached hydrogens (primary N) is 1. The van der Waals surface area contributed by atoms with E-state index >= 15 is 0 Å². The molecule has 12 heavy (non-hydrogen) atoms. The molecule has 5 N–H and O–H groups in total. The van der Waals surface area contributed by atoms with Gasteiger partial charge in [-0.3, -0.25) is 13.7 Å². The molecule has 0 aromatic carbocycles. The van der Waals surface area contributed by atoms with E-state index in [1.54, 1.807) is 0 Å². The van der Waals surface area contributed by atoms with Crippen LogP contribution in [0.4, 0.5) is 0 Å². The highest BCUT2D eigenvalue weighted by atomic mass is 31.2. The molecule has 7 nitrogen and oxygen atoms in total. The molecule has 0 spiro atoms. The molecule has 2 atom stereocenters. The third kappa shape index (κ3) is 3.33. The van der Waals surface area contributed by atoms with Crippen LogP contribution in [0.1, 0.15) is 6.92 Å². The molecule has 0 aromatic rings. The predicted octanol–water partition coefficient (Wildman–Crippen LogP) is -0.372. The van der Waals surface area contributed by atoms with Gasteiger partial charge >= 0.3 is 15.2 Å². The standard InChI is InChI=1S/C3H11NO6P2/c1-3(11(5,6)7)12(8,9)10-2-4/h3H,2,4H2,1H3,(H,8,9)(H2,5,6,7). The van der Waals surface area contributed by atoms with E-state index in [0.29, 0.717) is 0 Å². The molecule has 0 rings (SSSR count). The topological polar surface area (TPSA) is 130 Å². The Labute approximate surface area is 69.2 Å². The van der Waals surface area contributed by atoms with Crippen LogP contribution in [0.3, 0.4) is 0 Å². The molecule has 0 heterocycles.